The molecule has 45 heavy (non-hydrogen) atoms. The lowest BCUT2D eigenvalue weighted by Gasteiger charge is -2.49. The molecule has 3 aliphatic carbocycles. The standard InChI is InChI=1S/C38H35N7/c1-44(2)19-39-37-32-21(7-5-9-27(32)44)17-23-11-13-25-26-14-12-24-18-22-8-6-10-28-33(22)38(40-20-45(28,3)4)35(24)30(26)31(29(25)34(23)37)36-42(37)16-15-41-43(36)38/h5-16,31,39-40H,17-20H2,1-4H3/q+4. The zero-order valence-electron chi connectivity index (χ0n) is 26.1. The number of hydrogen-bond acceptors (Lipinski definition) is 3. The Morgan fingerprint density at radius 3 is 1.82 bits per heavy atom. The molecule has 1 aromatic heterocycles. The van der Waals surface area contributed by atoms with Crippen molar-refractivity contribution >= 4 is 11.4 Å². The van der Waals surface area contributed by atoms with Crippen LogP contribution in [0.3, 0.4) is 0 Å². The molecule has 218 valence electrons. The first-order valence-electron chi connectivity index (χ1n) is 16.4. The zero-order valence-corrected chi connectivity index (χ0v) is 26.1. The number of quaternary nitrogens is 2. The van der Waals surface area contributed by atoms with Crippen molar-refractivity contribution in [2.24, 2.45) is 0 Å². The molecule has 2 N–H and O–H groups in total. The highest BCUT2D eigenvalue weighted by Gasteiger charge is 2.73. The third-order valence-corrected chi connectivity index (χ3v) is 12.6. The molecule has 0 saturated heterocycles. The van der Waals surface area contributed by atoms with Gasteiger partial charge in [0.15, 0.2) is 12.1 Å². The normalized spacial score (nSPS) is 27.8. The average Bonchev–Trinajstić information content (AvgIpc) is 3.38. The Morgan fingerprint density at radius 1 is 0.667 bits per heavy atom. The van der Waals surface area contributed by atoms with E-state index >= 15 is 0 Å². The minimum Gasteiger partial charge on any atom is -0.283 e. The molecule has 7 aliphatic rings. The van der Waals surface area contributed by atoms with E-state index in [4.69, 9.17) is 5.10 Å². The van der Waals surface area contributed by atoms with Gasteiger partial charge in [-0.1, -0.05) is 48.5 Å². The van der Waals surface area contributed by atoms with Crippen LogP contribution in [0.25, 0.3) is 11.1 Å². The van der Waals surface area contributed by atoms with Gasteiger partial charge in [-0.05, 0) is 69.5 Å². The summed E-state index contributed by atoms with van der Waals surface area (Å²) >= 11 is 0. The Morgan fingerprint density at radius 2 is 1.20 bits per heavy atom. The molecular formula is C38H35N7+4. The van der Waals surface area contributed by atoms with E-state index < -0.39 is 11.3 Å². The van der Waals surface area contributed by atoms with E-state index in [9.17, 15) is 0 Å². The van der Waals surface area contributed by atoms with Crippen molar-refractivity contribution in [1.29, 1.82) is 0 Å². The van der Waals surface area contributed by atoms with E-state index in [0.29, 0.717) is 0 Å². The molecule has 7 heteroatoms. The Kier molecular flexibility index (Phi) is 3.70. The summed E-state index contributed by atoms with van der Waals surface area (Å²) in [5.74, 6) is 1.42. The minimum absolute atomic E-state index is 0.143. The highest BCUT2D eigenvalue weighted by Crippen LogP contribution is 2.62. The number of nitrogens with zero attached hydrogens (tertiary/aromatic N) is 5. The van der Waals surface area contributed by atoms with Gasteiger partial charge in [0.2, 0.25) is 6.20 Å². The van der Waals surface area contributed by atoms with Gasteiger partial charge in [0.25, 0.3) is 5.66 Å². The zero-order chi connectivity index (χ0) is 29.8. The number of nitrogens with one attached hydrogen (secondary N) is 2. The van der Waals surface area contributed by atoms with Crippen LogP contribution in [0.5, 0.6) is 0 Å². The van der Waals surface area contributed by atoms with Gasteiger partial charge < -0.3 is 0 Å². The van der Waals surface area contributed by atoms with Gasteiger partial charge in [0, 0.05) is 9.78 Å². The Balaban J connectivity index is 1.31. The number of rotatable bonds is 0. The van der Waals surface area contributed by atoms with E-state index in [2.05, 4.69) is 121 Å². The number of hydrogen-bond donors (Lipinski definition) is 2. The fourth-order valence-corrected chi connectivity index (χ4v) is 10.9. The first kappa shape index (κ1) is 24.0. The average molecular weight is 590 g/mol. The lowest BCUT2D eigenvalue weighted by molar-refractivity contribution is -0.914. The molecule has 0 amide bonds. The molecular weight excluding hydrogens is 554 g/mol. The Hall–Kier alpha value is -4.27. The van der Waals surface area contributed by atoms with Gasteiger partial charge in [0.05, 0.1) is 39.3 Å². The molecule has 3 unspecified atom stereocenters. The molecule has 12 rings (SSSR count). The van der Waals surface area contributed by atoms with Crippen LogP contribution < -0.4 is 28.8 Å². The third kappa shape index (κ3) is 2.27. The third-order valence-electron chi connectivity index (χ3n) is 12.6. The minimum atomic E-state index is -0.576. The lowest BCUT2D eigenvalue weighted by Crippen LogP contribution is -2.84. The predicted octanol–water partition coefficient (Wildman–Crippen LogP) is 3.01. The van der Waals surface area contributed by atoms with Crippen LogP contribution in [0, 0.1) is 0 Å². The molecule has 7 nitrogen and oxygen atoms in total. The molecule has 3 atom stereocenters. The van der Waals surface area contributed by atoms with Crippen LogP contribution in [0.1, 0.15) is 67.4 Å². The first-order valence-corrected chi connectivity index (χ1v) is 16.4. The number of fused-ring (bicyclic) bond motifs is 1. The summed E-state index contributed by atoms with van der Waals surface area (Å²) in [7, 11) is 9.33. The monoisotopic (exact) mass is 589 g/mol. The molecule has 4 aliphatic heterocycles. The lowest BCUT2D eigenvalue weighted by atomic mass is 9.66. The maximum Gasteiger partial charge on any atom is 0.459 e. The summed E-state index contributed by atoms with van der Waals surface area (Å²) in [5.41, 5.74) is 19.0. The van der Waals surface area contributed by atoms with Crippen LogP contribution in [-0.2, 0) is 24.2 Å². The second-order valence-electron chi connectivity index (χ2n) is 15.4. The topological polar surface area (TPSA) is 44.7 Å². The van der Waals surface area contributed by atoms with Crippen molar-refractivity contribution in [3.63, 3.8) is 0 Å². The van der Waals surface area contributed by atoms with Gasteiger partial charge >= 0.3 is 11.5 Å². The van der Waals surface area contributed by atoms with E-state index in [1.807, 2.05) is 0 Å². The second-order valence-corrected chi connectivity index (χ2v) is 15.4. The van der Waals surface area contributed by atoms with Crippen LogP contribution >= 0.6 is 0 Å². The van der Waals surface area contributed by atoms with Gasteiger partial charge in [-0.15, -0.1) is 4.57 Å². The van der Waals surface area contributed by atoms with Gasteiger partial charge in [-0.2, -0.15) is 10.6 Å². The van der Waals surface area contributed by atoms with Gasteiger partial charge in [-0.3, -0.25) is 8.97 Å². The fourth-order valence-electron chi connectivity index (χ4n) is 10.9. The van der Waals surface area contributed by atoms with E-state index in [-0.39, 0.29) is 5.92 Å². The summed E-state index contributed by atoms with van der Waals surface area (Å²) in [5, 5.41) is 13.8. The summed E-state index contributed by atoms with van der Waals surface area (Å²) in [6.07, 6.45) is 6.25. The van der Waals surface area contributed by atoms with E-state index in [1.54, 1.807) is 0 Å². The molecule has 2 spiro atoms. The maximum absolute atomic E-state index is 5.39. The molecule has 0 radical (unpaired) electrons. The molecule has 5 aromatic rings. The van der Waals surface area contributed by atoms with Gasteiger partial charge in [-0.25, -0.2) is 0 Å². The van der Waals surface area contributed by atoms with Crippen molar-refractivity contribution in [3.8, 4) is 11.1 Å². The summed E-state index contributed by atoms with van der Waals surface area (Å²) in [6.45, 7) is 1.65. The van der Waals surface area contributed by atoms with Crippen LogP contribution in [0.2, 0.25) is 0 Å². The van der Waals surface area contributed by atoms with Crippen molar-refractivity contribution in [1.82, 2.24) is 24.7 Å². The SMILES string of the molecule is C[N+]1(C)CNC23c4c(cccc41)Cc1ccc4c(c12)C1c2c-4ccc4c2C2(NC[N+](C)(C)c5cccc(c52)C4)[n+]2ncc[n+]3c21. The summed E-state index contributed by atoms with van der Waals surface area (Å²) < 4.78 is 6.65. The van der Waals surface area contributed by atoms with Crippen LogP contribution in [0.4, 0.5) is 11.4 Å². The highest BCUT2D eigenvalue weighted by atomic mass is 15.5. The quantitative estimate of drug-likeness (QED) is 0.212. The van der Waals surface area contributed by atoms with Crippen LogP contribution in [-0.4, -0.2) is 46.6 Å². The smallest absolute Gasteiger partial charge is 0.283 e. The highest BCUT2D eigenvalue weighted by molar-refractivity contribution is 5.87. The Bertz CT molecular complexity index is 2160. The van der Waals surface area contributed by atoms with Crippen molar-refractivity contribution in [3.05, 3.63) is 135 Å². The molecule has 0 saturated carbocycles. The molecule has 5 heterocycles. The van der Waals surface area contributed by atoms with Gasteiger partial charge in [0.1, 0.15) is 35.8 Å². The van der Waals surface area contributed by atoms with Crippen molar-refractivity contribution < 1.29 is 9.25 Å². The molecule has 0 fully saturated rings. The van der Waals surface area contributed by atoms with E-state index in [1.165, 1.54) is 84.0 Å². The predicted molar refractivity (Wildman–Crippen MR) is 172 cm³/mol. The molecule has 0 bridgehead atoms. The molecule has 4 aromatic carbocycles. The number of benzene rings is 4. The maximum atomic E-state index is 5.39. The van der Waals surface area contributed by atoms with Crippen molar-refractivity contribution in [2.45, 2.75) is 30.1 Å². The van der Waals surface area contributed by atoms with Crippen LogP contribution in [0.15, 0.2) is 73.1 Å². The van der Waals surface area contributed by atoms with E-state index in [0.717, 1.165) is 35.1 Å². The summed E-state index contributed by atoms with van der Waals surface area (Å²) in [6, 6.07) is 23.7. The first-order chi connectivity index (χ1) is 21.8. The second kappa shape index (κ2) is 6.93. The fraction of sp³-hybridized carbons (Fsp3) is 0.289. The summed E-state index contributed by atoms with van der Waals surface area (Å²) in [4.78, 5) is 0. The van der Waals surface area contributed by atoms with Crippen molar-refractivity contribution in [2.75, 3.05) is 41.5 Å². The number of aromatic nitrogens is 3. The Labute approximate surface area is 262 Å². The largest absolute Gasteiger partial charge is 0.459 e.